The molecule has 5 nitrogen and oxygen atoms in total. The first kappa shape index (κ1) is 16.6. The van der Waals surface area contributed by atoms with Crippen molar-refractivity contribution in [2.45, 2.75) is 32.9 Å². The van der Waals surface area contributed by atoms with Crippen LogP contribution in [0.3, 0.4) is 0 Å². The van der Waals surface area contributed by atoms with E-state index < -0.39 is 0 Å². The fourth-order valence-electron chi connectivity index (χ4n) is 2.24. The van der Waals surface area contributed by atoms with Gasteiger partial charge in [-0.3, -0.25) is 14.5 Å². The van der Waals surface area contributed by atoms with Gasteiger partial charge in [0.15, 0.2) is 10.6 Å². The summed E-state index contributed by atoms with van der Waals surface area (Å²) < 4.78 is 2.40. The van der Waals surface area contributed by atoms with Gasteiger partial charge < -0.3 is 5.32 Å². The highest BCUT2D eigenvalue weighted by Crippen LogP contribution is 2.21. The maximum atomic E-state index is 12.4. The van der Waals surface area contributed by atoms with Gasteiger partial charge in [-0.2, -0.15) is 5.10 Å². The van der Waals surface area contributed by atoms with Crippen molar-refractivity contribution >= 4 is 29.5 Å². The standard InChI is InChI=1S/C15H20N4OS2/c1-4-7-19-13(17-18-15(19)21)11(9-10(2)3)16-14(20)12-6-5-8-22-12/h4-6,8,10-11H,1,7,9H2,2-3H3,(H,16,20)(H,18,21)/t11-/m1/s1. The predicted octanol–water partition coefficient (Wildman–Crippen LogP) is 3.71. The number of carbonyl (C=O) groups is 1. The van der Waals surface area contributed by atoms with Crippen LogP contribution >= 0.6 is 23.6 Å². The van der Waals surface area contributed by atoms with Gasteiger partial charge >= 0.3 is 0 Å². The van der Waals surface area contributed by atoms with Crippen molar-refractivity contribution in [3.05, 3.63) is 45.6 Å². The summed E-state index contributed by atoms with van der Waals surface area (Å²) in [6, 6.07) is 3.49. The number of nitrogens with zero attached hydrogens (tertiary/aromatic N) is 2. The summed E-state index contributed by atoms with van der Waals surface area (Å²) in [6.07, 6.45) is 2.55. The molecule has 0 radical (unpaired) electrons. The molecule has 0 fully saturated rings. The summed E-state index contributed by atoms with van der Waals surface area (Å²) in [4.78, 5) is 13.0. The molecule has 2 rings (SSSR count). The second kappa shape index (κ2) is 7.51. The smallest absolute Gasteiger partial charge is 0.261 e. The molecule has 7 heteroatoms. The maximum absolute atomic E-state index is 12.4. The number of amides is 1. The molecule has 0 aromatic carbocycles. The molecule has 1 amide bonds. The van der Waals surface area contributed by atoms with Crippen LogP contribution in [0.1, 0.15) is 41.8 Å². The topological polar surface area (TPSA) is 62.7 Å². The van der Waals surface area contributed by atoms with E-state index in [0.717, 1.165) is 12.2 Å². The highest BCUT2D eigenvalue weighted by atomic mass is 32.1. The number of aromatic amines is 1. The first-order valence-corrected chi connectivity index (χ1v) is 8.42. The lowest BCUT2D eigenvalue weighted by molar-refractivity contribution is 0.0933. The fourth-order valence-corrected chi connectivity index (χ4v) is 3.08. The van der Waals surface area contributed by atoms with Crippen molar-refractivity contribution in [3.63, 3.8) is 0 Å². The van der Waals surface area contributed by atoms with Crippen molar-refractivity contribution in [1.29, 1.82) is 0 Å². The molecule has 0 unspecified atom stereocenters. The number of rotatable bonds is 7. The molecule has 118 valence electrons. The SMILES string of the molecule is C=CCn1c([C@@H](CC(C)C)NC(=O)c2cccs2)n[nH]c1=S. The van der Waals surface area contributed by atoms with Crippen LogP contribution in [0.2, 0.25) is 0 Å². The highest BCUT2D eigenvalue weighted by molar-refractivity contribution is 7.71. The molecule has 0 bridgehead atoms. The number of carbonyl (C=O) groups excluding carboxylic acids is 1. The molecule has 0 saturated carbocycles. The molecule has 22 heavy (non-hydrogen) atoms. The van der Waals surface area contributed by atoms with Gasteiger partial charge in [-0.15, -0.1) is 17.9 Å². The van der Waals surface area contributed by atoms with E-state index in [-0.39, 0.29) is 11.9 Å². The normalized spacial score (nSPS) is 12.3. The van der Waals surface area contributed by atoms with Gasteiger partial charge in [-0.25, -0.2) is 0 Å². The molecule has 2 aromatic heterocycles. The zero-order valence-electron chi connectivity index (χ0n) is 12.7. The van der Waals surface area contributed by atoms with E-state index in [1.807, 2.05) is 22.1 Å². The van der Waals surface area contributed by atoms with Crippen molar-refractivity contribution in [3.8, 4) is 0 Å². The van der Waals surface area contributed by atoms with Crippen molar-refractivity contribution < 1.29 is 4.79 Å². The van der Waals surface area contributed by atoms with E-state index in [9.17, 15) is 4.79 Å². The number of H-pyrrole nitrogens is 1. The van der Waals surface area contributed by atoms with Crippen LogP contribution in [0.15, 0.2) is 30.2 Å². The minimum atomic E-state index is -0.192. The van der Waals surface area contributed by atoms with E-state index in [1.54, 1.807) is 6.08 Å². The van der Waals surface area contributed by atoms with E-state index in [1.165, 1.54) is 11.3 Å². The van der Waals surface area contributed by atoms with Crippen LogP contribution in [0, 0.1) is 10.7 Å². The minimum Gasteiger partial charge on any atom is -0.341 e. The Morgan fingerprint density at radius 2 is 2.41 bits per heavy atom. The molecule has 0 aliphatic rings. The first-order chi connectivity index (χ1) is 10.5. The van der Waals surface area contributed by atoms with Gasteiger partial charge in [0.2, 0.25) is 0 Å². The largest absolute Gasteiger partial charge is 0.341 e. The zero-order chi connectivity index (χ0) is 16.1. The summed E-state index contributed by atoms with van der Waals surface area (Å²) in [6.45, 7) is 8.54. The van der Waals surface area contributed by atoms with Crippen molar-refractivity contribution in [2.75, 3.05) is 0 Å². The van der Waals surface area contributed by atoms with Crippen LogP contribution in [0.5, 0.6) is 0 Å². The lowest BCUT2D eigenvalue weighted by Gasteiger charge is -2.20. The van der Waals surface area contributed by atoms with Gasteiger partial charge in [0.25, 0.3) is 5.91 Å². The van der Waals surface area contributed by atoms with Crippen LogP contribution in [0.4, 0.5) is 0 Å². The molecular weight excluding hydrogens is 316 g/mol. The second-order valence-electron chi connectivity index (χ2n) is 5.42. The Morgan fingerprint density at radius 1 is 1.64 bits per heavy atom. The average Bonchev–Trinajstić information content (AvgIpc) is 3.09. The lowest BCUT2D eigenvalue weighted by atomic mass is 10.0. The average molecular weight is 336 g/mol. The highest BCUT2D eigenvalue weighted by Gasteiger charge is 2.22. The quantitative estimate of drug-likeness (QED) is 0.598. The third-order valence-electron chi connectivity index (χ3n) is 3.17. The minimum absolute atomic E-state index is 0.0836. The van der Waals surface area contributed by atoms with E-state index in [2.05, 4.69) is 35.9 Å². The summed E-state index contributed by atoms with van der Waals surface area (Å²) in [5.74, 6) is 1.07. The molecular formula is C15H20N4OS2. The van der Waals surface area contributed by atoms with Crippen LogP contribution in [-0.2, 0) is 6.54 Å². The summed E-state index contributed by atoms with van der Waals surface area (Å²) in [7, 11) is 0. The Balaban J connectivity index is 2.28. The Hall–Kier alpha value is -1.73. The lowest BCUT2D eigenvalue weighted by Crippen LogP contribution is -2.31. The van der Waals surface area contributed by atoms with Crippen LogP contribution < -0.4 is 5.32 Å². The van der Waals surface area contributed by atoms with E-state index in [0.29, 0.717) is 22.1 Å². The van der Waals surface area contributed by atoms with Crippen molar-refractivity contribution in [1.82, 2.24) is 20.1 Å². The molecule has 2 N–H and O–H groups in total. The monoisotopic (exact) mass is 336 g/mol. The Bertz CT molecular complexity index is 685. The summed E-state index contributed by atoms with van der Waals surface area (Å²) in [5, 5.41) is 12.1. The van der Waals surface area contributed by atoms with Gasteiger partial charge in [0, 0.05) is 6.54 Å². The number of thiophene rings is 1. The predicted molar refractivity (Wildman–Crippen MR) is 91.6 cm³/mol. The number of allylic oxidation sites excluding steroid dienone is 1. The fraction of sp³-hybridized carbons (Fsp3) is 0.400. The van der Waals surface area contributed by atoms with Gasteiger partial charge in [0.05, 0.1) is 10.9 Å². The molecule has 2 aromatic rings. The van der Waals surface area contributed by atoms with Gasteiger partial charge in [-0.1, -0.05) is 26.0 Å². The van der Waals surface area contributed by atoms with Crippen LogP contribution in [-0.4, -0.2) is 20.7 Å². The molecule has 0 aliphatic heterocycles. The molecule has 0 saturated heterocycles. The summed E-state index contributed by atoms with van der Waals surface area (Å²) in [5.41, 5.74) is 0. The number of hydrogen-bond acceptors (Lipinski definition) is 4. The number of nitrogens with one attached hydrogen (secondary N) is 2. The van der Waals surface area contributed by atoms with Crippen molar-refractivity contribution in [2.24, 2.45) is 5.92 Å². The third kappa shape index (κ3) is 3.92. The van der Waals surface area contributed by atoms with E-state index >= 15 is 0 Å². The van der Waals surface area contributed by atoms with Gasteiger partial charge in [-0.05, 0) is 36.0 Å². The maximum Gasteiger partial charge on any atom is 0.261 e. The Kier molecular flexibility index (Phi) is 5.68. The van der Waals surface area contributed by atoms with E-state index in [4.69, 9.17) is 12.2 Å². The number of aromatic nitrogens is 3. The molecule has 2 heterocycles. The molecule has 0 spiro atoms. The third-order valence-corrected chi connectivity index (χ3v) is 4.35. The summed E-state index contributed by atoms with van der Waals surface area (Å²) >= 11 is 6.67. The molecule has 0 aliphatic carbocycles. The van der Waals surface area contributed by atoms with Crippen LogP contribution in [0.25, 0.3) is 0 Å². The number of hydrogen-bond donors (Lipinski definition) is 2. The Morgan fingerprint density at radius 3 is 3.00 bits per heavy atom. The Labute approximate surface area is 139 Å². The zero-order valence-corrected chi connectivity index (χ0v) is 14.3. The second-order valence-corrected chi connectivity index (χ2v) is 6.75. The molecule has 1 atom stereocenters. The first-order valence-electron chi connectivity index (χ1n) is 7.13. The van der Waals surface area contributed by atoms with Gasteiger partial charge in [0.1, 0.15) is 0 Å².